The first-order chi connectivity index (χ1) is 14.3. The number of nitrogens with zero attached hydrogens (tertiary/aromatic N) is 6. The van der Waals surface area contributed by atoms with Crippen LogP contribution in [0.15, 0.2) is 35.7 Å². The van der Waals surface area contributed by atoms with E-state index in [4.69, 9.17) is 4.74 Å². The Bertz CT molecular complexity index is 930. The van der Waals surface area contributed by atoms with Gasteiger partial charge in [-0.3, -0.25) is 9.56 Å². The number of ether oxygens (including phenoxy) is 1. The summed E-state index contributed by atoms with van der Waals surface area (Å²) in [5, 5.41) is 3.43. The highest BCUT2D eigenvalue weighted by atomic mass is 16.6. The van der Waals surface area contributed by atoms with Crippen molar-refractivity contribution in [1.82, 2.24) is 29.7 Å². The van der Waals surface area contributed by atoms with Crippen molar-refractivity contribution in [1.29, 1.82) is 0 Å². The second kappa shape index (κ2) is 7.97. The van der Waals surface area contributed by atoms with Crippen molar-refractivity contribution in [3.8, 4) is 5.82 Å². The van der Waals surface area contributed by atoms with Crippen LogP contribution in [-0.2, 0) is 11.3 Å². The molecule has 1 atom stereocenters. The average Bonchev–Trinajstić information content (AvgIpc) is 3.31. The Morgan fingerprint density at radius 1 is 1.27 bits per heavy atom. The van der Waals surface area contributed by atoms with Gasteiger partial charge >= 0.3 is 6.09 Å². The predicted molar refractivity (Wildman–Crippen MR) is 114 cm³/mol. The molecule has 2 aromatic rings. The average molecular weight is 412 g/mol. The number of imidazole rings is 1. The number of fused-ring (bicyclic) bond motifs is 1. The van der Waals surface area contributed by atoms with Crippen LogP contribution in [0, 0.1) is 6.92 Å². The van der Waals surface area contributed by atoms with Crippen LogP contribution < -0.4 is 5.32 Å². The van der Waals surface area contributed by atoms with Gasteiger partial charge in [-0.25, -0.2) is 14.8 Å². The molecule has 4 rings (SSSR count). The molecule has 1 N–H and O–H groups in total. The molecule has 9 heteroatoms. The Kier molecular flexibility index (Phi) is 5.36. The Labute approximate surface area is 176 Å². The second-order valence-electron chi connectivity index (χ2n) is 8.66. The van der Waals surface area contributed by atoms with Gasteiger partial charge in [0.2, 0.25) is 0 Å². The van der Waals surface area contributed by atoms with Gasteiger partial charge < -0.3 is 19.9 Å². The number of hydrogen-bond acceptors (Lipinski definition) is 7. The van der Waals surface area contributed by atoms with Crippen LogP contribution in [0.4, 0.5) is 4.79 Å². The number of aryl methyl sites for hydroxylation is 1. The van der Waals surface area contributed by atoms with Crippen molar-refractivity contribution in [2.45, 2.75) is 45.9 Å². The second-order valence-corrected chi connectivity index (χ2v) is 8.66. The number of piperazine rings is 1. The van der Waals surface area contributed by atoms with Crippen LogP contribution in [0.1, 0.15) is 32.2 Å². The molecule has 0 bridgehead atoms. The number of nitrogens with one attached hydrogen (secondary N) is 1. The lowest BCUT2D eigenvalue weighted by Gasteiger charge is -2.39. The number of rotatable bonds is 3. The highest BCUT2D eigenvalue weighted by molar-refractivity contribution is 5.82. The van der Waals surface area contributed by atoms with Crippen molar-refractivity contribution in [2.75, 3.05) is 26.2 Å². The Balaban J connectivity index is 1.30. The third-order valence-corrected chi connectivity index (χ3v) is 5.19. The molecule has 9 nitrogen and oxygen atoms in total. The molecule has 2 aliphatic rings. The molecule has 1 unspecified atom stereocenters. The van der Waals surface area contributed by atoms with Crippen molar-refractivity contribution in [2.24, 2.45) is 4.99 Å². The number of pyridine rings is 1. The number of guanidine groups is 1. The van der Waals surface area contributed by atoms with Gasteiger partial charge in [0.05, 0.1) is 12.6 Å². The fourth-order valence-corrected chi connectivity index (χ4v) is 3.69. The number of aliphatic imine (C=N–C) groups is 1. The first-order valence-corrected chi connectivity index (χ1v) is 10.3. The monoisotopic (exact) mass is 411 g/mol. The van der Waals surface area contributed by atoms with Crippen molar-refractivity contribution < 1.29 is 9.53 Å². The molecule has 1 fully saturated rings. The van der Waals surface area contributed by atoms with E-state index in [1.54, 1.807) is 11.1 Å². The Morgan fingerprint density at radius 3 is 2.77 bits per heavy atom. The lowest BCUT2D eigenvalue weighted by Crippen LogP contribution is -2.57. The maximum Gasteiger partial charge on any atom is 0.410 e. The normalized spacial score (nSPS) is 18.8. The topological polar surface area (TPSA) is 87.9 Å². The summed E-state index contributed by atoms with van der Waals surface area (Å²) in [7, 11) is 0. The van der Waals surface area contributed by atoms with E-state index < -0.39 is 5.60 Å². The summed E-state index contributed by atoms with van der Waals surface area (Å²) < 4.78 is 7.46. The molecule has 2 aliphatic heterocycles. The van der Waals surface area contributed by atoms with Gasteiger partial charge in [-0.05, 0) is 39.3 Å². The van der Waals surface area contributed by atoms with Crippen LogP contribution in [0.3, 0.4) is 0 Å². The maximum atomic E-state index is 12.3. The van der Waals surface area contributed by atoms with E-state index in [0.717, 1.165) is 29.7 Å². The molecule has 0 radical (unpaired) electrons. The molecule has 4 heterocycles. The molecule has 0 saturated carbocycles. The molecular formula is C21H29N7O2. The first-order valence-electron chi connectivity index (χ1n) is 10.3. The molecule has 0 aromatic carbocycles. The van der Waals surface area contributed by atoms with Crippen LogP contribution in [0.25, 0.3) is 5.82 Å². The van der Waals surface area contributed by atoms with Gasteiger partial charge in [-0.2, -0.15) is 0 Å². The zero-order valence-corrected chi connectivity index (χ0v) is 18.0. The lowest BCUT2D eigenvalue weighted by molar-refractivity contribution is 0.0137. The van der Waals surface area contributed by atoms with Gasteiger partial charge in [0.15, 0.2) is 5.96 Å². The third kappa shape index (κ3) is 4.39. The Morgan fingerprint density at radius 2 is 2.10 bits per heavy atom. The molecule has 1 saturated heterocycles. The molecule has 0 spiro atoms. The summed E-state index contributed by atoms with van der Waals surface area (Å²) in [5.41, 5.74) is 0.600. The molecule has 0 aliphatic carbocycles. The summed E-state index contributed by atoms with van der Waals surface area (Å²) in [6.07, 6.45) is 5.29. The summed E-state index contributed by atoms with van der Waals surface area (Å²) >= 11 is 0. The summed E-state index contributed by atoms with van der Waals surface area (Å²) in [6, 6.07) is 4.24. The van der Waals surface area contributed by atoms with Crippen LogP contribution in [0.5, 0.6) is 0 Å². The number of carbonyl (C=O) groups is 1. The molecule has 1 amide bonds. The molecule has 160 valence electrons. The van der Waals surface area contributed by atoms with E-state index in [1.807, 2.05) is 50.7 Å². The molecular weight excluding hydrogens is 382 g/mol. The lowest BCUT2D eigenvalue weighted by atomic mass is 10.2. The SMILES string of the molecule is Cc1nccn1-c1ccc(CNC2=NCC3CN(C(=O)OC(C)(C)C)CCN23)cn1. The fourth-order valence-electron chi connectivity index (χ4n) is 3.69. The number of aromatic nitrogens is 3. The van der Waals surface area contributed by atoms with Gasteiger partial charge in [0.25, 0.3) is 0 Å². The standard InChI is InChI=1S/C21H29N7O2/c1-15-22-7-8-27(15)18-6-5-16(11-23-18)12-24-19-25-13-17-14-26(9-10-28(17)19)20(29)30-21(2,3)4/h5-8,11,17H,9-10,12-14H2,1-4H3,(H,24,25). The minimum absolute atomic E-state index is 0.193. The largest absolute Gasteiger partial charge is 0.444 e. The van der Waals surface area contributed by atoms with Gasteiger partial charge in [-0.15, -0.1) is 0 Å². The quantitative estimate of drug-likeness (QED) is 0.831. The van der Waals surface area contributed by atoms with Gasteiger partial charge in [0.1, 0.15) is 17.2 Å². The van der Waals surface area contributed by atoms with E-state index in [1.165, 1.54) is 0 Å². The summed E-state index contributed by atoms with van der Waals surface area (Å²) in [5.74, 6) is 2.65. The molecule has 2 aromatic heterocycles. The van der Waals surface area contributed by atoms with E-state index in [2.05, 4.69) is 31.2 Å². The van der Waals surface area contributed by atoms with Crippen molar-refractivity contribution >= 4 is 12.1 Å². The van der Waals surface area contributed by atoms with Crippen LogP contribution in [0.2, 0.25) is 0 Å². The number of carbonyl (C=O) groups excluding carboxylic acids is 1. The van der Waals surface area contributed by atoms with Crippen LogP contribution >= 0.6 is 0 Å². The number of amides is 1. The van der Waals surface area contributed by atoms with E-state index in [0.29, 0.717) is 26.2 Å². The minimum atomic E-state index is -0.479. The third-order valence-electron chi connectivity index (χ3n) is 5.19. The van der Waals surface area contributed by atoms with Crippen molar-refractivity contribution in [3.63, 3.8) is 0 Å². The van der Waals surface area contributed by atoms with E-state index in [-0.39, 0.29) is 12.1 Å². The van der Waals surface area contributed by atoms with Gasteiger partial charge in [0, 0.05) is 44.8 Å². The maximum absolute atomic E-state index is 12.3. The minimum Gasteiger partial charge on any atom is -0.444 e. The molecule has 30 heavy (non-hydrogen) atoms. The van der Waals surface area contributed by atoms with Crippen LogP contribution in [-0.4, -0.2) is 74.2 Å². The first kappa shape index (κ1) is 20.2. The zero-order chi connectivity index (χ0) is 21.3. The zero-order valence-electron chi connectivity index (χ0n) is 18.0. The van der Waals surface area contributed by atoms with E-state index >= 15 is 0 Å². The van der Waals surface area contributed by atoms with Gasteiger partial charge in [-0.1, -0.05) is 6.07 Å². The Hall–Kier alpha value is -3.10. The predicted octanol–water partition coefficient (Wildman–Crippen LogP) is 1.96. The van der Waals surface area contributed by atoms with E-state index in [9.17, 15) is 4.79 Å². The fraction of sp³-hybridized carbons (Fsp3) is 0.524. The van der Waals surface area contributed by atoms with Crippen molar-refractivity contribution in [3.05, 3.63) is 42.1 Å². The number of hydrogen-bond donors (Lipinski definition) is 1. The highest BCUT2D eigenvalue weighted by Gasteiger charge is 2.36. The summed E-state index contributed by atoms with van der Waals surface area (Å²) in [6.45, 7) is 10.9. The highest BCUT2D eigenvalue weighted by Crippen LogP contribution is 2.19. The smallest absolute Gasteiger partial charge is 0.410 e. The summed E-state index contributed by atoms with van der Waals surface area (Å²) in [4.78, 5) is 29.8.